The lowest BCUT2D eigenvalue weighted by molar-refractivity contribution is -0.150. The smallest absolute Gasteiger partial charge is 0.317 e. The van der Waals surface area contributed by atoms with Crippen LogP contribution in [0.1, 0.15) is 13.3 Å². The zero-order valence-electron chi connectivity index (χ0n) is 7.53. The highest BCUT2D eigenvalue weighted by Crippen LogP contribution is 1.84. The average Bonchev–Trinajstić information content (AvgIpc) is 1.87. The summed E-state index contributed by atoms with van der Waals surface area (Å²) in [6.07, 6.45) is -0.548. The van der Waals surface area contributed by atoms with Gasteiger partial charge in [0.05, 0.1) is 6.61 Å². The number of hydrogen-bond acceptors (Lipinski definition) is 3. The molecule has 1 N–H and O–H groups in total. The van der Waals surface area contributed by atoms with Gasteiger partial charge in [0.2, 0.25) is 0 Å². The monoisotopic (exact) mass is 176 g/mol. The van der Waals surface area contributed by atoms with Gasteiger partial charge in [0, 0.05) is 0 Å². The fourth-order valence-electron chi connectivity index (χ4n) is 0.335. The molecule has 0 saturated heterocycles. The highest BCUT2D eigenvalue weighted by molar-refractivity contribution is 5.90. The lowest BCUT2D eigenvalue weighted by atomic mass is 10.4. The molecule has 0 amide bonds. The van der Waals surface area contributed by atoms with Crippen molar-refractivity contribution >= 4 is 11.9 Å². The number of esters is 1. The van der Waals surface area contributed by atoms with Gasteiger partial charge >= 0.3 is 11.9 Å². The van der Waals surface area contributed by atoms with Crippen LogP contribution in [0.15, 0.2) is 0 Å². The number of carboxylic acids is 1. The van der Waals surface area contributed by atoms with Crippen LogP contribution in [0.5, 0.6) is 0 Å². The first kappa shape index (κ1) is 13.5. The van der Waals surface area contributed by atoms with Gasteiger partial charge in [0.25, 0.3) is 0 Å². The minimum absolute atomic E-state index is 0.228. The summed E-state index contributed by atoms with van der Waals surface area (Å²) < 4.78 is 4.33. The Morgan fingerprint density at radius 2 is 1.83 bits per heavy atom. The third kappa shape index (κ3) is 16.0. The van der Waals surface area contributed by atoms with E-state index < -0.39 is 18.4 Å². The van der Waals surface area contributed by atoms with Gasteiger partial charge in [0.15, 0.2) is 0 Å². The third-order valence-electron chi connectivity index (χ3n) is 0.601. The molecule has 0 aromatic heterocycles. The highest BCUT2D eigenvalue weighted by atomic mass is 16.5. The summed E-state index contributed by atoms with van der Waals surface area (Å²) in [6, 6.07) is 0. The van der Waals surface area contributed by atoms with Crippen molar-refractivity contribution in [3.05, 3.63) is 5.32 Å². The topological polar surface area (TPSA) is 77.7 Å². The number of rotatable bonds is 3. The Balaban J connectivity index is 0. The first-order valence-electron chi connectivity index (χ1n) is 3.43. The lowest BCUT2D eigenvalue weighted by Crippen LogP contribution is -2.09. The van der Waals surface area contributed by atoms with E-state index in [-0.39, 0.29) is 6.61 Å². The van der Waals surface area contributed by atoms with E-state index in [0.717, 1.165) is 0 Å². The van der Waals surface area contributed by atoms with Crippen LogP contribution in [0, 0.1) is 0 Å². The number of ether oxygens (including phenoxy) is 1. The summed E-state index contributed by atoms with van der Waals surface area (Å²) in [5.41, 5.74) is 0. The summed E-state index contributed by atoms with van der Waals surface area (Å²) in [5, 5.41) is 11.5. The van der Waals surface area contributed by atoms with E-state index in [2.05, 4.69) is 10.1 Å². The maximum Gasteiger partial charge on any atom is 0.317 e. The van der Waals surface area contributed by atoms with E-state index in [1.165, 1.54) is 0 Å². The molecule has 0 aliphatic rings. The van der Waals surface area contributed by atoms with E-state index in [1.807, 2.05) is 0 Å². The van der Waals surface area contributed by atoms with Crippen molar-refractivity contribution in [2.24, 2.45) is 0 Å². The second kappa shape index (κ2) is 9.90. The molecular weight excluding hydrogens is 162 g/mol. The summed E-state index contributed by atoms with van der Waals surface area (Å²) in [6.45, 7) is 1.85. The van der Waals surface area contributed by atoms with Crippen molar-refractivity contribution in [1.29, 1.82) is 0 Å². The summed E-state index contributed by atoms with van der Waals surface area (Å²) in [4.78, 5) is 20.0. The van der Waals surface area contributed by atoms with Gasteiger partial charge in [-0.15, -0.1) is 0 Å². The predicted octanol–water partition coefficient (Wildman–Crippen LogP) is 0.644. The van der Waals surface area contributed by atoms with Gasteiger partial charge in [-0.1, -0.05) is 0 Å². The van der Waals surface area contributed by atoms with Crippen molar-refractivity contribution < 1.29 is 19.4 Å². The molecule has 0 aliphatic carbocycles. The van der Waals surface area contributed by atoms with Crippen LogP contribution in [0.3, 0.4) is 0 Å². The Morgan fingerprint density at radius 1 is 1.42 bits per heavy atom. The van der Waals surface area contributed by atoms with Crippen molar-refractivity contribution in [2.45, 2.75) is 13.3 Å². The van der Waals surface area contributed by atoms with E-state index >= 15 is 0 Å². The van der Waals surface area contributed by atoms with E-state index in [4.69, 9.17) is 5.11 Å². The SMILES string of the molecule is CCOC(=O)CC(=O)O.C[N-]C. The molecule has 5 nitrogen and oxygen atoms in total. The zero-order valence-corrected chi connectivity index (χ0v) is 7.53. The molecule has 0 unspecified atom stereocenters. The molecule has 0 heterocycles. The second-order valence-electron chi connectivity index (χ2n) is 1.82. The van der Waals surface area contributed by atoms with Crippen LogP contribution in [0.4, 0.5) is 0 Å². The fraction of sp³-hybridized carbons (Fsp3) is 0.714. The Labute approximate surface area is 71.7 Å². The molecule has 12 heavy (non-hydrogen) atoms. The Kier molecular flexibility index (Phi) is 11.1. The van der Waals surface area contributed by atoms with Crippen LogP contribution in [-0.4, -0.2) is 37.7 Å². The van der Waals surface area contributed by atoms with Gasteiger partial charge in [-0.05, 0) is 6.92 Å². The van der Waals surface area contributed by atoms with Gasteiger partial charge in [0.1, 0.15) is 6.42 Å². The van der Waals surface area contributed by atoms with Crippen LogP contribution in [-0.2, 0) is 14.3 Å². The summed E-state index contributed by atoms with van der Waals surface area (Å²) in [7, 11) is 3.50. The van der Waals surface area contributed by atoms with E-state index in [1.54, 1.807) is 21.0 Å². The molecule has 0 bridgehead atoms. The minimum atomic E-state index is -1.16. The molecule has 0 aromatic carbocycles. The van der Waals surface area contributed by atoms with Gasteiger partial charge < -0.3 is 15.2 Å². The van der Waals surface area contributed by atoms with Gasteiger partial charge in [-0.3, -0.25) is 9.59 Å². The third-order valence-corrected chi connectivity index (χ3v) is 0.601. The maximum atomic E-state index is 10.3. The van der Waals surface area contributed by atoms with Crippen molar-refractivity contribution in [3.8, 4) is 0 Å². The van der Waals surface area contributed by atoms with Crippen LogP contribution in [0.25, 0.3) is 5.32 Å². The zero-order chi connectivity index (χ0) is 9.98. The van der Waals surface area contributed by atoms with Crippen molar-refractivity contribution in [3.63, 3.8) is 0 Å². The van der Waals surface area contributed by atoms with E-state index in [9.17, 15) is 9.59 Å². The fourth-order valence-corrected chi connectivity index (χ4v) is 0.335. The minimum Gasteiger partial charge on any atom is -0.668 e. The number of nitrogens with zero attached hydrogens (tertiary/aromatic N) is 1. The molecule has 0 saturated carbocycles. The first-order valence-corrected chi connectivity index (χ1v) is 3.43. The average molecular weight is 176 g/mol. The number of carboxylic acid groups (broad SMARTS) is 1. The maximum absolute atomic E-state index is 10.3. The Hall–Kier alpha value is -1.10. The normalized spacial score (nSPS) is 7.92. The molecule has 5 heteroatoms. The van der Waals surface area contributed by atoms with Crippen LogP contribution in [0.2, 0.25) is 0 Å². The molecule has 0 radical (unpaired) electrons. The first-order chi connectivity index (χ1) is 5.58. The Morgan fingerprint density at radius 3 is 2.08 bits per heavy atom. The molecule has 0 aliphatic heterocycles. The number of carbonyl (C=O) groups excluding carboxylic acids is 1. The molecule has 72 valence electrons. The van der Waals surface area contributed by atoms with Gasteiger partial charge in [-0.2, -0.15) is 14.1 Å². The summed E-state index contributed by atoms with van der Waals surface area (Å²) >= 11 is 0. The molecule has 0 atom stereocenters. The summed E-state index contributed by atoms with van der Waals surface area (Å²) in [5.74, 6) is -1.85. The molecule has 0 rings (SSSR count). The van der Waals surface area contributed by atoms with Crippen LogP contribution >= 0.6 is 0 Å². The highest BCUT2D eigenvalue weighted by Gasteiger charge is 2.06. The molecule has 0 fully saturated rings. The number of hydrogen-bond donors (Lipinski definition) is 1. The molecular formula is C7H14NO4-. The molecule has 0 aromatic rings. The van der Waals surface area contributed by atoms with Crippen LogP contribution < -0.4 is 0 Å². The predicted molar refractivity (Wildman–Crippen MR) is 44.1 cm³/mol. The second-order valence-corrected chi connectivity index (χ2v) is 1.82. The lowest BCUT2D eigenvalue weighted by Gasteiger charge is -1.95. The standard InChI is InChI=1S/C5H8O4.C2H6N/c1-2-9-5(8)3-4(6)7;1-3-2/h2-3H2,1H3,(H,6,7);1-2H3/q;-1. The van der Waals surface area contributed by atoms with Crippen molar-refractivity contribution in [2.75, 3.05) is 20.7 Å². The number of carbonyl (C=O) groups is 2. The quantitative estimate of drug-likeness (QED) is 0.505. The number of aliphatic carboxylic acids is 1. The van der Waals surface area contributed by atoms with Crippen molar-refractivity contribution in [1.82, 2.24) is 0 Å². The largest absolute Gasteiger partial charge is 0.668 e. The Bertz CT molecular complexity index is 135. The van der Waals surface area contributed by atoms with E-state index in [0.29, 0.717) is 0 Å². The molecule has 0 spiro atoms. The van der Waals surface area contributed by atoms with Gasteiger partial charge in [-0.25, -0.2) is 0 Å².